The van der Waals surface area contributed by atoms with Gasteiger partial charge in [-0.1, -0.05) is 18.2 Å². The summed E-state index contributed by atoms with van der Waals surface area (Å²) < 4.78 is 30.9. The third kappa shape index (κ3) is 3.00. The molecule has 1 saturated heterocycles. The average molecular weight is 317 g/mol. The summed E-state index contributed by atoms with van der Waals surface area (Å²) in [6, 6.07) is 14.1. The van der Waals surface area contributed by atoms with Crippen LogP contribution in [0.15, 0.2) is 58.3 Å². The molecule has 2 aromatic rings. The lowest BCUT2D eigenvalue weighted by Crippen LogP contribution is -2.36. The molecule has 0 spiro atoms. The lowest BCUT2D eigenvalue weighted by atomic mass is 10.2. The summed E-state index contributed by atoms with van der Waals surface area (Å²) in [4.78, 5) is 2.84. The van der Waals surface area contributed by atoms with Gasteiger partial charge in [-0.05, 0) is 42.8 Å². The van der Waals surface area contributed by atoms with Crippen molar-refractivity contribution in [1.29, 1.82) is 0 Å². The van der Waals surface area contributed by atoms with Crippen molar-refractivity contribution in [3.63, 3.8) is 0 Å². The van der Waals surface area contributed by atoms with Crippen LogP contribution < -0.4 is 4.90 Å². The molecular formula is C17H19NO3S. The van der Waals surface area contributed by atoms with E-state index in [1.165, 1.54) is 0 Å². The molecule has 116 valence electrons. The number of sulfone groups is 1. The van der Waals surface area contributed by atoms with Gasteiger partial charge in [0, 0.05) is 18.8 Å². The maximum absolute atomic E-state index is 12.8. The normalized spacial score (nSPS) is 15.8. The van der Waals surface area contributed by atoms with Gasteiger partial charge >= 0.3 is 0 Å². The molecule has 0 N–H and O–H groups in total. The highest BCUT2D eigenvalue weighted by molar-refractivity contribution is 7.91. The first-order valence-electron chi connectivity index (χ1n) is 7.32. The van der Waals surface area contributed by atoms with Crippen LogP contribution in [0.4, 0.5) is 5.69 Å². The van der Waals surface area contributed by atoms with E-state index in [1.807, 2.05) is 19.1 Å². The molecule has 0 aromatic heterocycles. The predicted molar refractivity (Wildman–Crippen MR) is 86.1 cm³/mol. The molecule has 0 atom stereocenters. The Labute approximate surface area is 131 Å². The van der Waals surface area contributed by atoms with E-state index in [2.05, 4.69) is 4.90 Å². The largest absolute Gasteiger partial charge is 0.378 e. The third-order valence-corrected chi connectivity index (χ3v) is 5.52. The molecule has 0 unspecified atom stereocenters. The Hall–Kier alpha value is -1.85. The highest BCUT2D eigenvalue weighted by atomic mass is 32.2. The molecule has 1 heterocycles. The van der Waals surface area contributed by atoms with Crippen LogP contribution in [0.5, 0.6) is 0 Å². The van der Waals surface area contributed by atoms with Crippen molar-refractivity contribution < 1.29 is 13.2 Å². The van der Waals surface area contributed by atoms with Gasteiger partial charge in [0.25, 0.3) is 0 Å². The van der Waals surface area contributed by atoms with E-state index in [1.54, 1.807) is 36.4 Å². The van der Waals surface area contributed by atoms with Crippen LogP contribution in [-0.4, -0.2) is 34.7 Å². The van der Waals surface area contributed by atoms with E-state index >= 15 is 0 Å². The van der Waals surface area contributed by atoms with Crippen LogP contribution in [0.3, 0.4) is 0 Å². The Morgan fingerprint density at radius 2 is 1.64 bits per heavy atom. The minimum absolute atomic E-state index is 0.327. The van der Waals surface area contributed by atoms with E-state index in [-0.39, 0.29) is 0 Å². The number of hydrogen-bond acceptors (Lipinski definition) is 4. The molecule has 0 radical (unpaired) electrons. The second kappa shape index (κ2) is 6.10. The van der Waals surface area contributed by atoms with Crippen molar-refractivity contribution in [3.8, 4) is 0 Å². The summed E-state index contributed by atoms with van der Waals surface area (Å²) in [6.07, 6.45) is 0. The molecule has 1 fully saturated rings. The Balaban J connectivity index is 2.02. The number of rotatable bonds is 3. The van der Waals surface area contributed by atoms with Crippen LogP contribution >= 0.6 is 0 Å². The smallest absolute Gasteiger partial charge is 0.206 e. The highest BCUT2D eigenvalue weighted by Gasteiger charge is 2.20. The Kier molecular flexibility index (Phi) is 4.18. The minimum atomic E-state index is -3.48. The van der Waals surface area contributed by atoms with Crippen LogP contribution in [0.1, 0.15) is 5.56 Å². The maximum Gasteiger partial charge on any atom is 0.206 e. The van der Waals surface area contributed by atoms with E-state index in [0.717, 1.165) is 24.3 Å². The Bertz CT molecular complexity index is 751. The van der Waals surface area contributed by atoms with Crippen molar-refractivity contribution in [1.82, 2.24) is 0 Å². The summed E-state index contributed by atoms with van der Waals surface area (Å²) in [6.45, 7) is 4.85. The Morgan fingerprint density at radius 1 is 0.955 bits per heavy atom. The van der Waals surface area contributed by atoms with Gasteiger partial charge in [0.15, 0.2) is 0 Å². The van der Waals surface area contributed by atoms with Crippen LogP contribution in [-0.2, 0) is 14.6 Å². The van der Waals surface area contributed by atoms with E-state index < -0.39 is 9.84 Å². The Morgan fingerprint density at radius 3 is 2.32 bits per heavy atom. The molecule has 5 heteroatoms. The van der Waals surface area contributed by atoms with Crippen LogP contribution in [0.25, 0.3) is 0 Å². The number of morpholine rings is 1. The van der Waals surface area contributed by atoms with Crippen molar-refractivity contribution in [2.24, 2.45) is 0 Å². The van der Waals surface area contributed by atoms with Crippen molar-refractivity contribution >= 4 is 15.5 Å². The number of hydrogen-bond donors (Lipinski definition) is 0. The topological polar surface area (TPSA) is 46.6 Å². The quantitative estimate of drug-likeness (QED) is 0.873. The van der Waals surface area contributed by atoms with Gasteiger partial charge in [-0.3, -0.25) is 0 Å². The number of anilines is 1. The first-order chi connectivity index (χ1) is 10.6. The van der Waals surface area contributed by atoms with E-state index in [9.17, 15) is 8.42 Å². The fourth-order valence-electron chi connectivity index (χ4n) is 2.62. The second-order valence-electron chi connectivity index (χ2n) is 5.42. The van der Waals surface area contributed by atoms with Gasteiger partial charge < -0.3 is 9.64 Å². The fourth-order valence-corrected chi connectivity index (χ4v) is 4.03. The SMILES string of the molecule is Cc1cc(N2CCOCC2)cc(S(=O)(=O)c2ccccc2)c1. The van der Waals surface area contributed by atoms with Gasteiger partial charge in [0.2, 0.25) is 9.84 Å². The number of benzene rings is 2. The fraction of sp³-hybridized carbons (Fsp3) is 0.294. The molecule has 0 amide bonds. The monoisotopic (exact) mass is 317 g/mol. The number of ether oxygens (including phenoxy) is 1. The zero-order chi connectivity index (χ0) is 15.6. The van der Waals surface area contributed by atoms with Gasteiger partial charge in [0.05, 0.1) is 23.0 Å². The predicted octanol–water partition coefficient (Wildman–Crippen LogP) is 2.66. The molecule has 3 rings (SSSR count). The molecule has 22 heavy (non-hydrogen) atoms. The lowest BCUT2D eigenvalue weighted by Gasteiger charge is -2.29. The molecular weight excluding hydrogens is 298 g/mol. The summed E-state index contributed by atoms with van der Waals surface area (Å²) >= 11 is 0. The average Bonchev–Trinajstić information content (AvgIpc) is 2.56. The minimum Gasteiger partial charge on any atom is -0.378 e. The third-order valence-electron chi connectivity index (χ3n) is 3.78. The van der Waals surface area contributed by atoms with Gasteiger partial charge in [0.1, 0.15) is 0 Å². The van der Waals surface area contributed by atoms with Crippen molar-refractivity contribution in [3.05, 3.63) is 54.1 Å². The number of aryl methyl sites for hydroxylation is 1. The molecule has 2 aromatic carbocycles. The molecule has 0 saturated carbocycles. The summed E-state index contributed by atoms with van der Waals surface area (Å²) in [7, 11) is -3.48. The first-order valence-corrected chi connectivity index (χ1v) is 8.80. The summed E-state index contributed by atoms with van der Waals surface area (Å²) in [5.74, 6) is 0. The van der Waals surface area contributed by atoms with Crippen molar-refractivity contribution in [2.45, 2.75) is 16.7 Å². The van der Waals surface area contributed by atoms with E-state index in [4.69, 9.17) is 4.74 Å². The van der Waals surface area contributed by atoms with Gasteiger partial charge in [-0.25, -0.2) is 8.42 Å². The van der Waals surface area contributed by atoms with Crippen LogP contribution in [0, 0.1) is 6.92 Å². The molecule has 1 aliphatic rings. The number of nitrogens with zero attached hydrogens (tertiary/aromatic N) is 1. The molecule has 4 nitrogen and oxygen atoms in total. The maximum atomic E-state index is 12.8. The van der Waals surface area contributed by atoms with Crippen LogP contribution in [0.2, 0.25) is 0 Å². The molecule has 0 aliphatic carbocycles. The zero-order valence-corrected chi connectivity index (χ0v) is 13.3. The van der Waals surface area contributed by atoms with E-state index in [0.29, 0.717) is 23.0 Å². The molecule has 0 bridgehead atoms. The van der Waals surface area contributed by atoms with Gasteiger partial charge in [-0.15, -0.1) is 0 Å². The summed E-state index contributed by atoms with van der Waals surface area (Å²) in [5, 5.41) is 0. The zero-order valence-electron chi connectivity index (χ0n) is 12.5. The summed E-state index contributed by atoms with van der Waals surface area (Å²) in [5.41, 5.74) is 1.89. The highest BCUT2D eigenvalue weighted by Crippen LogP contribution is 2.27. The second-order valence-corrected chi connectivity index (χ2v) is 7.37. The first kappa shape index (κ1) is 15.1. The lowest BCUT2D eigenvalue weighted by molar-refractivity contribution is 0.122. The standard InChI is InChI=1S/C17H19NO3S/c1-14-11-15(18-7-9-21-10-8-18)13-17(12-14)22(19,20)16-5-3-2-4-6-16/h2-6,11-13H,7-10H2,1H3. The van der Waals surface area contributed by atoms with Crippen molar-refractivity contribution in [2.75, 3.05) is 31.2 Å². The molecule has 1 aliphatic heterocycles. The van der Waals surface area contributed by atoms with Gasteiger partial charge in [-0.2, -0.15) is 0 Å².